The largest absolute Gasteiger partial charge is 0.396 e. The van der Waals surface area contributed by atoms with Crippen LogP contribution >= 0.6 is 27.3 Å². The van der Waals surface area contributed by atoms with Crippen LogP contribution in [0.1, 0.15) is 25.1 Å². The molecule has 0 bridgehead atoms. The van der Waals surface area contributed by atoms with Crippen molar-refractivity contribution in [3.05, 3.63) is 20.8 Å². The van der Waals surface area contributed by atoms with Crippen molar-refractivity contribution in [2.45, 2.75) is 26.8 Å². The quantitative estimate of drug-likeness (QED) is 0.844. The number of aliphatic hydroxyl groups is 1. The molecular formula is C11H18BrNOS. The van der Waals surface area contributed by atoms with Crippen molar-refractivity contribution >= 4 is 27.3 Å². The van der Waals surface area contributed by atoms with Crippen LogP contribution in [0.25, 0.3) is 0 Å². The molecule has 1 aromatic rings. The van der Waals surface area contributed by atoms with Gasteiger partial charge in [0.1, 0.15) is 0 Å². The molecule has 86 valence electrons. The van der Waals surface area contributed by atoms with E-state index in [1.165, 1.54) is 4.88 Å². The van der Waals surface area contributed by atoms with E-state index in [4.69, 9.17) is 5.11 Å². The second kappa shape index (κ2) is 5.99. The van der Waals surface area contributed by atoms with Gasteiger partial charge in [0.05, 0.1) is 0 Å². The summed E-state index contributed by atoms with van der Waals surface area (Å²) in [6.45, 7) is 6.44. The zero-order valence-corrected chi connectivity index (χ0v) is 11.6. The van der Waals surface area contributed by atoms with Crippen molar-refractivity contribution in [2.24, 2.45) is 5.41 Å². The SMILES string of the molecule is CC(C)(CCO)CNCc1cc(Br)cs1. The van der Waals surface area contributed by atoms with Gasteiger partial charge in [-0.15, -0.1) is 11.3 Å². The van der Waals surface area contributed by atoms with Crippen molar-refractivity contribution in [3.63, 3.8) is 0 Å². The number of hydrogen-bond donors (Lipinski definition) is 2. The molecule has 0 aliphatic rings. The highest BCUT2D eigenvalue weighted by Crippen LogP contribution is 2.21. The molecule has 4 heteroatoms. The van der Waals surface area contributed by atoms with Crippen molar-refractivity contribution < 1.29 is 5.11 Å². The van der Waals surface area contributed by atoms with Gasteiger partial charge in [0.25, 0.3) is 0 Å². The van der Waals surface area contributed by atoms with Gasteiger partial charge >= 0.3 is 0 Å². The Balaban J connectivity index is 2.27. The fourth-order valence-corrected chi connectivity index (χ4v) is 2.78. The molecule has 0 radical (unpaired) electrons. The second-order valence-electron chi connectivity index (χ2n) is 4.47. The van der Waals surface area contributed by atoms with Crippen LogP contribution in [-0.2, 0) is 6.54 Å². The van der Waals surface area contributed by atoms with Gasteiger partial charge in [-0.2, -0.15) is 0 Å². The lowest BCUT2D eigenvalue weighted by Crippen LogP contribution is -2.29. The van der Waals surface area contributed by atoms with Gasteiger partial charge in [-0.3, -0.25) is 0 Å². The van der Waals surface area contributed by atoms with Crippen molar-refractivity contribution in [1.29, 1.82) is 0 Å². The molecule has 1 rings (SSSR count). The fourth-order valence-electron chi connectivity index (χ4n) is 1.36. The van der Waals surface area contributed by atoms with Gasteiger partial charge in [0.15, 0.2) is 0 Å². The number of thiophene rings is 1. The number of nitrogens with one attached hydrogen (secondary N) is 1. The van der Waals surface area contributed by atoms with Gasteiger partial charge in [-0.05, 0) is 33.8 Å². The first kappa shape index (κ1) is 13.2. The first-order valence-electron chi connectivity index (χ1n) is 5.08. The summed E-state index contributed by atoms with van der Waals surface area (Å²) in [5.41, 5.74) is 0.170. The van der Waals surface area contributed by atoms with Crippen LogP contribution in [0.4, 0.5) is 0 Å². The predicted octanol–water partition coefficient (Wildman–Crippen LogP) is 3.01. The standard InChI is InChI=1S/C11H18BrNOS/c1-11(2,3-4-14)8-13-6-10-5-9(12)7-15-10/h5,7,13-14H,3-4,6,8H2,1-2H3. The number of aliphatic hydroxyl groups excluding tert-OH is 1. The normalized spacial score (nSPS) is 12.0. The topological polar surface area (TPSA) is 32.3 Å². The summed E-state index contributed by atoms with van der Waals surface area (Å²) in [5.74, 6) is 0. The maximum Gasteiger partial charge on any atom is 0.0436 e. The smallest absolute Gasteiger partial charge is 0.0436 e. The van der Waals surface area contributed by atoms with Crippen LogP contribution in [0.15, 0.2) is 15.9 Å². The molecule has 0 saturated carbocycles. The molecule has 0 aromatic carbocycles. The van der Waals surface area contributed by atoms with Crippen molar-refractivity contribution in [1.82, 2.24) is 5.32 Å². The van der Waals surface area contributed by atoms with Gasteiger partial charge in [0, 0.05) is 34.4 Å². The van der Waals surface area contributed by atoms with Gasteiger partial charge in [-0.25, -0.2) is 0 Å². The minimum atomic E-state index is 0.170. The summed E-state index contributed by atoms with van der Waals surface area (Å²) in [6, 6.07) is 2.14. The molecule has 2 N–H and O–H groups in total. The minimum absolute atomic E-state index is 0.170. The van der Waals surface area contributed by atoms with Crippen LogP contribution in [0.2, 0.25) is 0 Å². The maximum atomic E-state index is 8.89. The number of halogens is 1. The zero-order chi connectivity index (χ0) is 11.3. The molecule has 0 aliphatic carbocycles. The van der Waals surface area contributed by atoms with E-state index in [1.807, 2.05) is 0 Å². The highest BCUT2D eigenvalue weighted by molar-refractivity contribution is 9.10. The Morgan fingerprint density at radius 1 is 1.53 bits per heavy atom. The molecule has 1 aromatic heterocycles. The van der Waals surface area contributed by atoms with E-state index in [0.29, 0.717) is 0 Å². The molecule has 0 spiro atoms. The van der Waals surface area contributed by atoms with Gasteiger partial charge < -0.3 is 10.4 Å². The zero-order valence-electron chi connectivity index (χ0n) is 9.22. The lowest BCUT2D eigenvalue weighted by molar-refractivity contribution is 0.207. The number of hydrogen-bond acceptors (Lipinski definition) is 3. The van der Waals surface area contributed by atoms with E-state index in [2.05, 4.69) is 46.5 Å². The highest BCUT2D eigenvalue weighted by Gasteiger charge is 2.16. The molecular weight excluding hydrogens is 274 g/mol. The molecule has 0 saturated heterocycles. The number of rotatable bonds is 6. The Kier molecular flexibility index (Phi) is 5.26. The molecule has 0 atom stereocenters. The Hall–Kier alpha value is 0.1000. The summed E-state index contributed by atoms with van der Waals surface area (Å²) in [4.78, 5) is 1.33. The minimum Gasteiger partial charge on any atom is -0.396 e. The second-order valence-corrected chi connectivity index (χ2v) is 6.38. The van der Waals surface area contributed by atoms with Crippen molar-refractivity contribution in [3.8, 4) is 0 Å². The third-order valence-electron chi connectivity index (χ3n) is 2.31. The molecule has 0 amide bonds. The summed E-state index contributed by atoms with van der Waals surface area (Å²) in [5, 5.41) is 14.4. The summed E-state index contributed by atoms with van der Waals surface area (Å²) < 4.78 is 1.15. The lowest BCUT2D eigenvalue weighted by atomic mass is 9.90. The fraction of sp³-hybridized carbons (Fsp3) is 0.636. The van der Waals surface area contributed by atoms with Crippen LogP contribution < -0.4 is 5.32 Å². The highest BCUT2D eigenvalue weighted by atomic mass is 79.9. The first-order valence-corrected chi connectivity index (χ1v) is 6.75. The summed E-state index contributed by atoms with van der Waals surface area (Å²) in [7, 11) is 0. The summed E-state index contributed by atoms with van der Waals surface area (Å²) >= 11 is 5.19. The average Bonchev–Trinajstić information content (AvgIpc) is 2.51. The molecule has 0 aliphatic heterocycles. The third kappa shape index (κ3) is 5.11. The van der Waals surface area contributed by atoms with Gasteiger partial charge in [0.2, 0.25) is 0 Å². The molecule has 2 nitrogen and oxygen atoms in total. The summed E-state index contributed by atoms with van der Waals surface area (Å²) in [6.07, 6.45) is 0.841. The predicted molar refractivity (Wildman–Crippen MR) is 69.2 cm³/mol. The molecule has 0 unspecified atom stereocenters. The molecule has 1 heterocycles. The first-order chi connectivity index (χ1) is 7.03. The average molecular weight is 292 g/mol. The van der Waals surface area contributed by atoms with E-state index < -0.39 is 0 Å². The Labute approximate surface area is 104 Å². The van der Waals surface area contributed by atoms with Crippen LogP contribution in [-0.4, -0.2) is 18.3 Å². The van der Waals surface area contributed by atoms with E-state index >= 15 is 0 Å². The van der Waals surface area contributed by atoms with E-state index in [1.54, 1.807) is 11.3 Å². The van der Waals surface area contributed by atoms with Crippen LogP contribution in [0, 0.1) is 5.41 Å². The van der Waals surface area contributed by atoms with Crippen molar-refractivity contribution in [2.75, 3.05) is 13.2 Å². The molecule has 15 heavy (non-hydrogen) atoms. The third-order valence-corrected chi connectivity index (χ3v) is 4.01. The maximum absolute atomic E-state index is 8.89. The van der Waals surface area contributed by atoms with E-state index in [-0.39, 0.29) is 12.0 Å². The Bertz CT molecular complexity index is 299. The monoisotopic (exact) mass is 291 g/mol. The van der Waals surface area contributed by atoms with E-state index in [0.717, 1.165) is 24.0 Å². The van der Waals surface area contributed by atoms with Crippen LogP contribution in [0.5, 0.6) is 0 Å². The lowest BCUT2D eigenvalue weighted by Gasteiger charge is -2.23. The van der Waals surface area contributed by atoms with Gasteiger partial charge in [-0.1, -0.05) is 13.8 Å². The Morgan fingerprint density at radius 3 is 2.80 bits per heavy atom. The van der Waals surface area contributed by atoms with Crippen LogP contribution in [0.3, 0.4) is 0 Å². The van der Waals surface area contributed by atoms with E-state index in [9.17, 15) is 0 Å². The molecule has 0 fully saturated rings. The Morgan fingerprint density at radius 2 is 2.27 bits per heavy atom.